The first-order valence-corrected chi connectivity index (χ1v) is 9.72. The monoisotopic (exact) mass is 410 g/mol. The van der Waals surface area contributed by atoms with Gasteiger partial charge < -0.3 is 4.74 Å². The smallest absolute Gasteiger partial charge is 0.196 e. The number of methoxy groups -OCH3 is 1. The minimum absolute atomic E-state index is 0.216. The molecule has 4 aromatic rings. The van der Waals surface area contributed by atoms with Crippen LogP contribution >= 0.6 is 11.8 Å². The number of aromatic nitrogens is 4. The quantitative estimate of drug-likeness (QED) is 0.423. The first kappa shape index (κ1) is 19.1. The Hall–Kier alpha value is -3.26. The average molecular weight is 410 g/mol. The van der Waals surface area contributed by atoms with Crippen LogP contribution in [0.15, 0.2) is 72.1 Å². The van der Waals surface area contributed by atoms with Crippen LogP contribution in [0, 0.1) is 11.6 Å². The zero-order valence-electron chi connectivity index (χ0n) is 15.4. The molecule has 2 aromatic carbocycles. The second-order valence-corrected chi connectivity index (χ2v) is 7.02. The third kappa shape index (κ3) is 3.97. The van der Waals surface area contributed by atoms with Crippen molar-refractivity contribution in [1.29, 1.82) is 0 Å². The SMILES string of the molecule is COc1ccc(-n2c(SCc3cccc(F)c3F)nnc2-c2ccncc2)cc1. The molecule has 0 aliphatic carbocycles. The molecule has 2 aromatic heterocycles. The van der Waals surface area contributed by atoms with Crippen LogP contribution in [0.4, 0.5) is 8.78 Å². The van der Waals surface area contributed by atoms with Gasteiger partial charge in [0.1, 0.15) is 5.75 Å². The van der Waals surface area contributed by atoms with E-state index >= 15 is 0 Å². The van der Waals surface area contributed by atoms with Gasteiger partial charge in [0, 0.05) is 35.0 Å². The maximum atomic E-state index is 14.0. The summed E-state index contributed by atoms with van der Waals surface area (Å²) in [7, 11) is 1.60. The van der Waals surface area contributed by atoms with Crippen LogP contribution in [0.3, 0.4) is 0 Å². The van der Waals surface area contributed by atoms with E-state index in [1.54, 1.807) is 25.6 Å². The highest BCUT2D eigenvalue weighted by Gasteiger charge is 2.17. The van der Waals surface area contributed by atoms with Crippen molar-refractivity contribution in [3.63, 3.8) is 0 Å². The van der Waals surface area contributed by atoms with Gasteiger partial charge in [0.05, 0.1) is 7.11 Å². The normalized spacial score (nSPS) is 10.9. The van der Waals surface area contributed by atoms with Crippen LogP contribution in [-0.2, 0) is 5.75 Å². The van der Waals surface area contributed by atoms with Crippen LogP contribution in [-0.4, -0.2) is 26.9 Å². The van der Waals surface area contributed by atoms with Crippen LogP contribution in [0.2, 0.25) is 0 Å². The van der Waals surface area contributed by atoms with E-state index in [-0.39, 0.29) is 11.3 Å². The van der Waals surface area contributed by atoms with Crippen LogP contribution in [0.25, 0.3) is 17.1 Å². The Bertz CT molecular complexity index is 1120. The predicted molar refractivity (Wildman–Crippen MR) is 107 cm³/mol. The molecule has 0 unspecified atom stereocenters. The zero-order valence-corrected chi connectivity index (χ0v) is 16.2. The standard InChI is InChI=1S/C21H16F2N4OS/c1-28-17-7-5-16(6-8-17)27-20(14-9-11-24-12-10-14)25-26-21(27)29-13-15-3-2-4-18(22)19(15)23/h2-12H,13H2,1H3. The Morgan fingerprint density at radius 2 is 1.72 bits per heavy atom. The first-order chi connectivity index (χ1) is 14.2. The predicted octanol–water partition coefficient (Wildman–Crippen LogP) is 4.91. The highest BCUT2D eigenvalue weighted by atomic mass is 32.2. The number of benzene rings is 2. The lowest BCUT2D eigenvalue weighted by atomic mass is 10.2. The van der Waals surface area contributed by atoms with Gasteiger partial charge in [-0.3, -0.25) is 9.55 Å². The van der Waals surface area contributed by atoms with E-state index in [0.29, 0.717) is 11.0 Å². The number of hydrogen-bond acceptors (Lipinski definition) is 5. The fourth-order valence-corrected chi connectivity index (χ4v) is 3.74. The van der Waals surface area contributed by atoms with Gasteiger partial charge >= 0.3 is 0 Å². The molecule has 29 heavy (non-hydrogen) atoms. The summed E-state index contributed by atoms with van der Waals surface area (Å²) in [6.45, 7) is 0. The Morgan fingerprint density at radius 3 is 2.45 bits per heavy atom. The fourth-order valence-electron chi connectivity index (χ4n) is 2.82. The maximum Gasteiger partial charge on any atom is 0.196 e. The Kier molecular flexibility index (Phi) is 5.53. The molecule has 5 nitrogen and oxygen atoms in total. The summed E-state index contributed by atoms with van der Waals surface area (Å²) in [6, 6.07) is 15.3. The number of nitrogens with zero attached hydrogens (tertiary/aromatic N) is 4. The van der Waals surface area contributed by atoms with Crippen LogP contribution in [0.1, 0.15) is 5.56 Å². The van der Waals surface area contributed by atoms with E-state index in [1.807, 2.05) is 41.0 Å². The molecule has 0 amide bonds. The summed E-state index contributed by atoms with van der Waals surface area (Å²) in [5.74, 6) is -0.140. The van der Waals surface area contributed by atoms with Crippen LogP contribution in [0.5, 0.6) is 5.75 Å². The molecule has 0 saturated heterocycles. The molecular formula is C21H16F2N4OS. The summed E-state index contributed by atoms with van der Waals surface area (Å²) < 4.78 is 34.6. The highest BCUT2D eigenvalue weighted by Crippen LogP contribution is 2.31. The average Bonchev–Trinajstić information content (AvgIpc) is 3.19. The van der Waals surface area contributed by atoms with E-state index in [4.69, 9.17) is 4.74 Å². The van der Waals surface area contributed by atoms with E-state index < -0.39 is 11.6 Å². The largest absolute Gasteiger partial charge is 0.497 e. The number of hydrogen-bond donors (Lipinski definition) is 0. The minimum atomic E-state index is -0.864. The topological polar surface area (TPSA) is 52.8 Å². The van der Waals surface area contributed by atoms with Gasteiger partial charge in [0.15, 0.2) is 22.6 Å². The molecule has 2 heterocycles. The number of thioether (sulfide) groups is 1. The lowest BCUT2D eigenvalue weighted by Gasteiger charge is -2.11. The second kappa shape index (κ2) is 8.40. The van der Waals surface area contributed by atoms with Crippen molar-refractivity contribution in [1.82, 2.24) is 19.7 Å². The summed E-state index contributed by atoms with van der Waals surface area (Å²) >= 11 is 1.28. The maximum absolute atomic E-state index is 14.0. The summed E-state index contributed by atoms with van der Waals surface area (Å²) in [5, 5.41) is 9.17. The van der Waals surface area contributed by atoms with Gasteiger partial charge in [-0.05, 0) is 42.5 Å². The third-order valence-corrected chi connectivity index (χ3v) is 5.27. The molecule has 8 heteroatoms. The van der Waals surface area contributed by atoms with Crippen molar-refractivity contribution in [3.05, 3.63) is 84.2 Å². The van der Waals surface area contributed by atoms with Gasteiger partial charge in [0.25, 0.3) is 0 Å². The number of rotatable bonds is 6. The van der Waals surface area contributed by atoms with Crippen molar-refractivity contribution in [2.75, 3.05) is 7.11 Å². The van der Waals surface area contributed by atoms with Gasteiger partial charge in [0.2, 0.25) is 0 Å². The summed E-state index contributed by atoms with van der Waals surface area (Å²) in [5.41, 5.74) is 1.93. The lowest BCUT2D eigenvalue weighted by Crippen LogP contribution is -2.00. The molecule has 0 N–H and O–H groups in total. The molecule has 146 valence electrons. The number of ether oxygens (including phenoxy) is 1. The Morgan fingerprint density at radius 1 is 0.966 bits per heavy atom. The zero-order chi connectivity index (χ0) is 20.2. The molecule has 0 radical (unpaired) electrons. The van der Waals surface area contributed by atoms with Gasteiger partial charge in [-0.2, -0.15) is 0 Å². The molecule has 0 fully saturated rings. The molecule has 4 rings (SSSR count). The Balaban J connectivity index is 1.73. The number of pyridine rings is 1. The van der Waals surface area contributed by atoms with Crippen molar-refractivity contribution in [3.8, 4) is 22.8 Å². The first-order valence-electron chi connectivity index (χ1n) is 8.73. The minimum Gasteiger partial charge on any atom is -0.497 e. The lowest BCUT2D eigenvalue weighted by molar-refractivity contribution is 0.414. The van der Waals surface area contributed by atoms with Gasteiger partial charge in [-0.15, -0.1) is 10.2 Å². The Labute approximate surface area is 170 Å². The van der Waals surface area contributed by atoms with E-state index in [2.05, 4.69) is 15.2 Å². The summed E-state index contributed by atoms with van der Waals surface area (Å²) in [6.07, 6.45) is 3.36. The number of halogens is 2. The van der Waals surface area contributed by atoms with Crippen molar-refractivity contribution < 1.29 is 13.5 Å². The van der Waals surface area contributed by atoms with Crippen LogP contribution < -0.4 is 4.74 Å². The molecule has 0 atom stereocenters. The van der Waals surface area contributed by atoms with E-state index in [9.17, 15) is 8.78 Å². The molecule has 0 aliphatic rings. The summed E-state index contributed by atoms with van der Waals surface area (Å²) in [4.78, 5) is 4.04. The molecule has 0 bridgehead atoms. The van der Waals surface area contributed by atoms with Crippen molar-refractivity contribution in [2.45, 2.75) is 10.9 Å². The molecule has 0 saturated carbocycles. The molecular weight excluding hydrogens is 394 g/mol. The van der Waals surface area contributed by atoms with Gasteiger partial charge in [-0.1, -0.05) is 23.9 Å². The molecule has 0 spiro atoms. The second-order valence-electron chi connectivity index (χ2n) is 6.08. The van der Waals surface area contributed by atoms with Gasteiger partial charge in [-0.25, -0.2) is 8.78 Å². The highest BCUT2D eigenvalue weighted by molar-refractivity contribution is 7.98. The van der Waals surface area contributed by atoms with Crippen molar-refractivity contribution in [2.24, 2.45) is 0 Å². The molecule has 0 aliphatic heterocycles. The fraction of sp³-hybridized carbons (Fsp3) is 0.0952. The van der Waals surface area contributed by atoms with Crippen molar-refractivity contribution >= 4 is 11.8 Å². The third-order valence-electron chi connectivity index (χ3n) is 4.29. The van der Waals surface area contributed by atoms with E-state index in [0.717, 1.165) is 23.1 Å². The van der Waals surface area contributed by atoms with E-state index in [1.165, 1.54) is 17.8 Å².